The Bertz CT molecular complexity index is 1040. The number of halogens is 1. The van der Waals surface area contributed by atoms with E-state index in [2.05, 4.69) is 5.32 Å². The highest BCUT2D eigenvalue weighted by Crippen LogP contribution is 2.29. The zero-order valence-electron chi connectivity index (χ0n) is 15.6. The van der Waals surface area contributed by atoms with Crippen molar-refractivity contribution in [3.63, 3.8) is 0 Å². The highest BCUT2D eigenvalue weighted by molar-refractivity contribution is 6.33. The molecular weight excluding hydrogens is 394 g/mol. The SMILES string of the molecule is CCC(=O)Nc1ccc(C(=O)COC(=O)c2ccc(-c3ccccc3Cl)o2)cc1. The summed E-state index contributed by atoms with van der Waals surface area (Å²) >= 11 is 6.12. The first-order valence-corrected chi connectivity index (χ1v) is 9.30. The van der Waals surface area contributed by atoms with E-state index in [1.54, 1.807) is 61.5 Å². The lowest BCUT2D eigenvalue weighted by atomic mass is 10.1. The summed E-state index contributed by atoms with van der Waals surface area (Å²) in [6, 6.07) is 16.5. The van der Waals surface area contributed by atoms with Gasteiger partial charge in [0, 0.05) is 23.2 Å². The number of anilines is 1. The average molecular weight is 412 g/mol. The molecule has 0 atom stereocenters. The molecule has 0 bridgehead atoms. The third kappa shape index (κ3) is 5.12. The first-order valence-electron chi connectivity index (χ1n) is 8.93. The van der Waals surface area contributed by atoms with Crippen LogP contribution in [0.4, 0.5) is 5.69 Å². The summed E-state index contributed by atoms with van der Waals surface area (Å²) in [5.41, 5.74) is 1.61. The van der Waals surface area contributed by atoms with E-state index in [-0.39, 0.29) is 17.5 Å². The van der Waals surface area contributed by atoms with Gasteiger partial charge in [-0.25, -0.2) is 4.79 Å². The van der Waals surface area contributed by atoms with Gasteiger partial charge in [0.2, 0.25) is 11.7 Å². The van der Waals surface area contributed by atoms with Gasteiger partial charge in [0.05, 0.1) is 5.02 Å². The summed E-state index contributed by atoms with van der Waals surface area (Å²) in [5.74, 6) is -0.829. The molecular formula is C22H18ClNO5. The highest BCUT2D eigenvalue weighted by Gasteiger charge is 2.17. The molecule has 0 radical (unpaired) electrons. The van der Waals surface area contributed by atoms with Gasteiger partial charge in [-0.2, -0.15) is 0 Å². The highest BCUT2D eigenvalue weighted by atomic mass is 35.5. The Balaban J connectivity index is 1.59. The number of furan rings is 1. The maximum Gasteiger partial charge on any atom is 0.374 e. The lowest BCUT2D eigenvalue weighted by Crippen LogP contribution is -2.14. The van der Waals surface area contributed by atoms with Crippen LogP contribution in [0.25, 0.3) is 11.3 Å². The first-order chi connectivity index (χ1) is 14.0. The molecule has 0 aliphatic rings. The van der Waals surface area contributed by atoms with Gasteiger partial charge in [0.1, 0.15) is 5.76 Å². The van der Waals surface area contributed by atoms with E-state index in [0.29, 0.717) is 34.0 Å². The van der Waals surface area contributed by atoms with Crippen molar-refractivity contribution < 1.29 is 23.5 Å². The number of esters is 1. The van der Waals surface area contributed by atoms with Crippen LogP contribution in [0.5, 0.6) is 0 Å². The average Bonchev–Trinajstić information content (AvgIpc) is 3.22. The van der Waals surface area contributed by atoms with Crippen molar-refractivity contribution in [2.24, 2.45) is 0 Å². The van der Waals surface area contributed by atoms with Crippen LogP contribution in [-0.4, -0.2) is 24.3 Å². The second-order valence-corrected chi connectivity index (χ2v) is 6.53. The van der Waals surface area contributed by atoms with Crippen LogP contribution in [0.3, 0.4) is 0 Å². The topological polar surface area (TPSA) is 85.6 Å². The van der Waals surface area contributed by atoms with Gasteiger partial charge in [-0.3, -0.25) is 9.59 Å². The summed E-state index contributed by atoms with van der Waals surface area (Å²) in [6.45, 7) is 1.32. The van der Waals surface area contributed by atoms with E-state index in [0.717, 1.165) is 0 Å². The van der Waals surface area contributed by atoms with E-state index in [9.17, 15) is 14.4 Å². The molecule has 148 valence electrons. The second-order valence-electron chi connectivity index (χ2n) is 6.12. The molecule has 0 aliphatic carbocycles. The van der Waals surface area contributed by atoms with Gasteiger partial charge in [0.25, 0.3) is 0 Å². The van der Waals surface area contributed by atoms with Crippen molar-refractivity contribution in [3.05, 3.63) is 77.0 Å². The number of ketones is 1. The standard InChI is InChI=1S/C22H18ClNO5/c1-2-21(26)24-15-9-7-14(8-10-15)18(25)13-28-22(27)20-12-11-19(29-20)16-5-3-4-6-17(16)23/h3-12H,2,13H2,1H3,(H,24,26). The maximum atomic E-state index is 12.2. The van der Waals surface area contributed by atoms with Crippen molar-refractivity contribution in [1.29, 1.82) is 0 Å². The predicted octanol–water partition coefficient (Wildman–Crippen LogP) is 4.99. The number of ether oxygens (including phenoxy) is 1. The Morgan fingerprint density at radius 1 is 1.00 bits per heavy atom. The molecule has 0 unspecified atom stereocenters. The number of Topliss-reactive ketones (excluding diaryl/α,β-unsaturated/α-hetero) is 1. The molecule has 1 N–H and O–H groups in total. The molecule has 6 nitrogen and oxygen atoms in total. The molecule has 7 heteroatoms. The van der Waals surface area contributed by atoms with Gasteiger partial charge < -0.3 is 14.5 Å². The molecule has 0 fully saturated rings. The fourth-order valence-corrected chi connectivity index (χ4v) is 2.76. The van der Waals surface area contributed by atoms with E-state index in [1.807, 2.05) is 0 Å². The fraction of sp³-hybridized carbons (Fsp3) is 0.136. The van der Waals surface area contributed by atoms with Gasteiger partial charge in [-0.05, 0) is 48.5 Å². The van der Waals surface area contributed by atoms with Crippen LogP contribution in [0.1, 0.15) is 34.3 Å². The minimum absolute atomic E-state index is 0.0228. The number of hydrogen-bond donors (Lipinski definition) is 1. The third-order valence-corrected chi connectivity index (χ3v) is 4.42. The summed E-state index contributed by atoms with van der Waals surface area (Å²) < 4.78 is 10.6. The number of nitrogens with one attached hydrogen (secondary N) is 1. The number of rotatable bonds is 7. The summed E-state index contributed by atoms with van der Waals surface area (Å²) in [6.07, 6.45) is 0.363. The van der Waals surface area contributed by atoms with Crippen LogP contribution >= 0.6 is 11.6 Å². The fourth-order valence-electron chi connectivity index (χ4n) is 2.53. The number of hydrogen-bond acceptors (Lipinski definition) is 5. The molecule has 0 aliphatic heterocycles. The Morgan fingerprint density at radius 3 is 2.41 bits per heavy atom. The Kier molecular flexibility index (Phi) is 6.46. The van der Waals surface area contributed by atoms with Crippen LogP contribution in [0.15, 0.2) is 65.1 Å². The number of carbonyl (C=O) groups is 3. The lowest BCUT2D eigenvalue weighted by Gasteiger charge is -2.06. The molecule has 1 heterocycles. The van der Waals surface area contributed by atoms with Crippen LogP contribution in [0, 0.1) is 0 Å². The van der Waals surface area contributed by atoms with Crippen molar-refractivity contribution in [2.45, 2.75) is 13.3 Å². The summed E-state index contributed by atoms with van der Waals surface area (Å²) in [4.78, 5) is 35.8. The molecule has 0 saturated heterocycles. The molecule has 1 amide bonds. The van der Waals surface area contributed by atoms with E-state index < -0.39 is 12.6 Å². The summed E-state index contributed by atoms with van der Waals surface area (Å²) in [5, 5.41) is 3.19. The predicted molar refractivity (Wildman–Crippen MR) is 109 cm³/mol. The van der Waals surface area contributed by atoms with Crippen molar-refractivity contribution in [3.8, 4) is 11.3 Å². The van der Waals surface area contributed by atoms with Crippen molar-refractivity contribution in [1.82, 2.24) is 0 Å². The Morgan fingerprint density at radius 2 is 1.72 bits per heavy atom. The lowest BCUT2D eigenvalue weighted by molar-refractivity contribution is -0.115. The number of amides is 1. The van der Waals surface area contributed by atoms with E-state index in [1.165, 1.54) is 6.07 Å². The largest absolute Gasteiger partial charge is 0.451 e. The zero-order chi connectivity index (χ0) is 20.8. The second kappa shape index (κ2) is 9.21. The smallest absolute Gasteiger partial charge is 0.374 e. The molecule has 3 aromatic rings. The monoisotopic (exact) mass is 411 g/mol. The Hall–Kier alpha value is -3.38. The summed E-state index contributed by atoms with van der Waals surface area (Å²) in [7, 11) is 0. The maximum absolute atomic E-state index is 12.2. The zero-order valence-corrected chi connectivity index (χ0v) is 16.4. The minimum atomic E-state index is -0.747. The minimum Gasteiger partial charge on any atom is -0.451 e. The first kappa shape index (κ1) is 20.4. The molecule has 3 rings (SSSR count). The molecule has 1 aromatic heterocycles. The van der Waals surface area contributed by atoms with E-state index in [4.69, 9.17) is 20.8 Å². The van der Waals surface area contributed by atoms with Crippen LogP contribution in [0.2, 0.25) is 5.02 Å². The van der Waals surface area contributed by atoms with Crippen LogP contribution < -0.4 is 5.32 Å². The van der Waals surface area contributed by atoms with Crippen LogP contribution in [-0.2, 0) is 9.53 Å². The molecule has 2 aromatic carbocycles. The molecule has 0 saturated carbocycles. The normalized spacial score (nSPS) is 10.4. The number of carbonyl (C=O) groups excluding carboxylic acids is 3. The third-order valence-electron chi connectivity index (χ3n) is 4.09. The molecule has 29 heavy (non-hydrogen) atoms. The quantitative estimate of drug-likeness (QED) is 0.437. The van der Waals surface area contributed by atoms with Crippen molar-refractivity contribution >= 4 is 34.9 Å². The van der Waals surface area contributed by atoms with Crippen molar-refractivity contribution in [2.75, 3.05) is 11.9 Å². The van der Waals surface area contributed by atoms with E-state index >= 15 is 0 Å². The van der Waals surface area contributed by atoms with Gasteiger partial charge in [-0.15, -0.1) is 0 Å². The van der Waals surface area contributed by atoms with Gasteiger partial charge in [0.15, 0.2) is 12.4 Å². The Labute approximate surface area is 172 Å². The van der Waals surface area contributed by atoms with Gasteiger partial charge >= 0.3 is 5.97 Å². The number of benzene rings is 2. The molecule has 0 spiro atoms. The van der Waals surface area contributed by atoms with Gasteiger partial charge in [-0.1, -0.05) is 30.7 Å².